The van der Waals surface area contributed by atoms with Crippen LogP contribution in [-0.4, -0.2) is 50.4 Å². The summed E-state index contributed by atoms with van der Waals surface area (Å²) in [6, 6.07) is 14.5. The van der Waals surface area contributed by atoms with Gasteiger partial charge in [0.1, 0.15) is 5.82 Å². The van der Waals surface area contributed by atoms with Crippen molar-refractivity contribution in [3.8, 4) is 5.69 Å². The molecule has 4 aromatic rings. The molecule has 1 N–H and O–H groups in total. The van der Waals surface area contributed by atoms with Crippen molar-refractivity contribution in [1.29, 1.82) is 0 Å². The molecule has 0 spiro atoms. The predicted molar refractivity (Wildman–Crippen MR) is 126 cm³/mol. The van der Waals surface area contributed by atoms with Crippen LogP contribution in [0.15, 0.2) is 64.3 Å². The van der Waals surface area contributed by atoms with Crippen LogP contribution in [0.3, 0.4) is 0 Å². The Balaban J connectivity index is 1.48. The first-order chi connectivity index (χ1) is 15.5. The number of anilines is 1. The van der Waals surface area contributed by atoms with E-state index in [1.807, 2.05) is 30.3 Å². The van der Waals surface area contributed by atoms with Crippen molar-refractivity contribution in [1.82, 2.24) is 24.2 Å². The van der Waals surface area contributed by atoms with Crippen LogP contribution in [0.2, 0.25) is 5.02 Å². The third-order valence-corrected chi connectivity index (χ3v) is 6.34. The number of hydrogen-bond acceptors (Lipinski definition) is 5. The van der Waals surface area contributed by atoms with Gasteiger partial charge >= 0.3 is 0 Å². The first kappa shape index (κ1) is 20.5. The Morgan fingerprint density at radius 1 is 1.03 bits per heavy atom. The number of aromatic nitrogens is 4. The number of halogens is 1. The number of nitrogens with zero attached hydrogens (tertiary/aromatic N) is 5. The average molecular weight is 451 g/mol. The second kappa shape index (κ2) is 8.29. The summed E-state index contributed by atoms with van der Waals surface area (Å²) in [4.78, 5) is 34.9. The third kappa shape index (κ3) is 3.61. The molecule has 9 heteroatoms. The van der Waals surface area contributed by atoms with E-state index in [9.17, 15) is 9.59 Å². The van der Waals surface area contributed by atoms with Crippen LogP contribution in [-0.2, 0) is 13.6 Å². The molecule has 8 nitrogen and oxygen atoms in total. The van der Waals surface area contributed by atoms with Crippen LogP contribution < -0.4 is 16.0 Å². The Morgan fingerprint density at radius 2 is 1.78 bits per heavy atom. The minimum atomic E-state index is -0.217. The average Bonchev–Trinajstić information content (AvgIpc) is 3.13. The maximum Gasteiger partial charge on any atom is 0.280 e. The van der Waals surface area contributed by atoms with Crippen LogP contribution in [0.5, 0.6) is 0 Å². The summed E-state index contributed by atoms with van der Waals surface area (Å²) in [5, 5.41) is 4.04. The van der Waals surface area contributed by atoms with E-state index < -0.39 is 0 Å². The zero-order valence-electron chi connectivity index (χ0n) is 17.7. The molecule has 0 bridgehead atoms. The number of fused-ring (bicyclic) bond motifs is 1. The lowest BCUT2D eigenvalue weighted by atomic mass is 10.2. The number of aromatic amines is 1. The fraction of sp³-hybridized carbons (Fsp3) is 0.261. The fourth-order valence-corrected chi connectivity index (χ4v) is 4.45. The molecule has 1 fully saturated rings. The Labute approximate surface area is 189 Å². The molecule has 0 aliphatic carbocycles. The molecular formula is C23H23ClN6O2. The molecule has 0 atom stereocenters. The summed E-state index contributed by atoms with van der Waals surface area (Å²) in [7, 11) is 1.72. The number of nitrogens with one attached hydrogen (secondary N) is 1. The molecule has 32 heavy (non-hydrogen) atoms. The van der Waals surface area contributed by atoms with Gasteiger partial charge in [-0.3, -0.25) is 19.6 Å². The standard InChI is InChI=1S/C23H23ClN6O2/c1-27-19(15-28-10-12-29(13-11-28)20-8-4-5-9-25-20)22-17(14-21(27)31)26-30(23(22)32)18-7-3-2-6-16(18)24/h2-9,14,26H,10-13,15H2,1H3. The minimum Gasteiger partial charge on any atom is -0.354 e. The van der Waals surface area contributed by atoms with Gasteiger partial charge < -0.3 is 9.47 Å². The zero-order valence-corrected chi connectivity index (χ0v) is 18.4. The second-order valence-electron chi connectivity index (χ2n) is 7.93. The Bertz CT molecular complexity index is 1380. The van der Waals surface area contributed by atoms with Crippen LogP contribution in [0.1, 0.15) is 5.69 Å². The first-order valence-electron chi connectivity index (χ1n) is 10.5. The van der Waals surface area contributed by atoms with Gasteiger partial charge in [-0.1, -0.05) is 29.8 Å². The van der Waals surface area contributed by atoms with E-state index in [-0.39, 0.29) is 11.1 Å². The third-order valence-electron chi connectivity index (χ3n) is 6.02. The summed E-state index contributed by atoms with van der Waals surface area (Å²) < 4.78 is 2.98. The first-order valence-corrected chi connectivity index (χ1v) is 10.9. The van der Waals surface area contributed by atoms with E-state index in [0.717, 1.165) is 32.0 Å². The van der Waals surface area contributed by atoms with E-state index in [2.05, 4.69) is 19.9 Å². The molecule has 0 unspecified atom stereocenters. The van der Waals surface area contributed by atoms with Gasteiger partial charge in [0.25, 0.3) is 11.1 Å². The van der Waals surface area contributed by atoms with Gasteiger partial charge in [0.15, 0.2) is 0 Å². The van der Waals surface area contributed by atoms with Crippen molar-refractivity contribution >= 4 is 28.3 Å². The number of benzene rings is 1. The summed E-state index contributed by atoms with van der Waals surface area (Å²) in [5.74, 6) is 0.968. The Hall–Kier alpha value is -3.36. The van der Waals surface area contributed by atoms with E-state index >= 15 is 0 Å². The lowest BCUT2D eigenvalue weighted by molar-refractivity contribution is 0.244. The van der Waals surface area contributed by atoms with Crippen molar-refractivity contribution in [2.24, 2.45) is 7.05 Å². The zero-order chi connectivity index (χ0) is 22.2. The summed E-state index contributed by atoms with van der Waals surface area (Å²) in [5.41, 5.74) is 1.39. The predicted octanol–water partition coefficient (Wildman–Crippen LogP) is 2.39. The van der Waals surface area contributed by atoms with Crippen molar-refractivity contribution < 1.29 is 0 Å². The van der Waals surface area contributed by atoms with Gasteiger partial charge in [0.05, 0.1) is 21.6 Å². The number of rotatable bonds is 4. The molecule has 1 saturated heterocycles. The molecular weight excluding hydrogens is 428 g/mol. The van der Waals surface area contributed by atoms with Crippen LogP contribution in [0, 0.1) is 0 Å². The topological polar surface area (TPSA) is 79.2 Å². The number of piperazine rings is 1. The smallest absolute Gasteiger partial charge is 0.280 e. The quantitative estimate of drug-likeness (QED) is 0.516. The molecule has 4 heterocycles. The Morgan fingerprint density at radius 3 is 2.50 bits per heavy atom. The maximum absolute atomic E-state index is 13.4. The van der Waals surface area contributed by atoms with E-state index in [1.165, 1.54) is 10.7 Å². The molecule has 3 aromatic heterocycles. The van der Waals surface area contributed by atoms with Crippen LogP contribution >= 0.6 is 11.6 Å². The molecule has 5 rings (SSSR count). The number of pyridine rings is 2. The number of para-hydroxylation sites is 1. The SMILES string of the molecule is Cn1c(CN2CCN(c3ccccn3)CC2)c2c(=O)n(-c3ccccc3Cl)[nH]c2cc1=O. The van der Waals surface area contributed by atoms with Crippen molar-refractivity contribution in [3.63, 3.8) is 0 Å². The number of hydrogen-bond donors (Lipinski definition) is 1. The van der Waals surface area contributed by atoms with Crippen LogP contribution in [0.4, 0.5) is 5.82 Å². The highest BCUT2D eigenvalue weighted by molar-refractivity contribution is 6.32. The second-order valence-corrected chi connectivity index (χ2v) is 8.34. The lowest BCUT2D eigenvalue weighted by Crippen LogP contribution is -2.46. The van der Waals surface area contributed by atoms with Gasteiger partial charge in [-0.05, 0) is 24.3 Å². The fourth-order valence-electron chi connectivity index (χ4n) is 4.23. The molecule has 1 aliphatic rings. The number of H-pyrrole nitrogens is 1. The minimum absolute atomic E-state index is 0.160. The highest BCUT2D eigenvalue weighted by atomic mass is 35.5. The maximum atomic E-state index is 13.4. The van der Waals surface area contributed by atoms with Gasteiger partial charge in [-0.15, -0.1) is 0 Å². The van der Waals surface area contributed by atoms with Crippen LogP contribution in [0.25, 0.3) is 16.6 Å². The van der Waals surface area contributed by atoms with Crippen molar-refractivity contribution in [2.75, 3.05) is 31.1 Å². The van der Waals surface area contributed by atoms with E-state index in [4.69, 9.17) is 11.6 Å². The molecule has 0 radical (unpaired) electrons. The highest BCUT2D eigenvalue weighted by Gasteiger charge is 2.22. The normalized spacial score (nSPS) is 14.9. The molecule has 1 aliphatic heterocycles. The summed E-state index contributed by atoms with van der Waals surface area (Å²) >= 11 is 6.32. The summed E-state index contributed by atoms with van der Waals surface area (Å²) in [6.45, 7) is 3.79. The molecule has 164 valence electrons. The van der Waals surface area contributed by atoms with Gasteiger partial charge in [-0.25, -0.2) is 9.67 Å². The van der Waals surface area contributed by atoms with Gasteiger partial charge in [-0.2, -0.15) is 0 Å². The van der Waals surface area contributed by atoms with E-state index in [0.29, 0.717) is 33.9 Å². The largest absolute Gasteiger partial charge is 0.354 e. The van der Waals surface area contributed by atoms with Gasteiger partial charge in [0.2, 0.25) is 0 Å². The lowest BCUT2D eigenvalue weighted by Gasteiger charge is -2.35. The van der Waals surface area contributed by atoms with Crippen molar-refractivity contribution in [2.45, 2.75) is 6.54 Å². The molecule has 0 amide bonds. The highest BCUT2D eigenvalue weighted by Crippen LogP contribution is 2.21. The monoisotopic (exact) mass is 450 g/mol. The summed E-state index contributed by atoms with van der Waals surface area (Å²) in [6.07, 6.45) is 1.80. The van der Waals surface area contributed by atoms with Crippen molar-refractivity contribution in [3.05, 3.63) is 86.2 Å². The molecule has 0 saturated carbocycles. The van der Waals surface area contributed by atoms with Gasteiger partial charge in [0, 0.05) is 57.7 Å². The van der Waals surface area contributed by atoms with E-state index in [1.54, 1.807) is 29.9 Å². The Kier molecular flexibility index (Phi) is 5.32. The molecule has 1 aromatic carbocycles.